The molecular formula is C11H17N3O3S. The summed E-state index contributed by atoms with van der Waals surface area (Å²) in [6.45, 7) is 3.09. The van der Waals surface area contributed by atoms with Crippen molar-refractivity contribution in [2.75, 3.05) is 26.8 Å². The molecule has 0 saturated heterocycles. The SMILES string of the molecule is COCCN(CCC(N)=S)C(=O)c1cc(C)on1. The molecule has 0 aromatic carbocycles. The standard InChI is InChI=1S/C11H17N3O3S/c1-8-7-9(13-17-8)11(15)14(5-6-16-2)4-3-10(12)18/h7H,3-6H2,1-2H3,(H2,12,18). The maximum absolute atomic E-state index is 12.1. The Bertz CT molecular complexity index is 419. The fraction of sp³-hybridized carbons (Fsp3) is 0.545. The Morgan fingerprint density at radius 2 is 2.33 bits per heavy atom. The third kappa shape index (κ3) is 4.42. The third-order valence-electron chi connectivity index (χ3n) is 2.33. The molecule has 2 N–H and O–H groups in total. The van der Waals surface area contributed by atoms with Crippen LogP contribution in [-0.2, 0) is 4.74 Å². The van der Waals surface area contributed by atoms with E-state index in [1.165, 1.54) is 0 Å². The molecule has 6 nitrogen and oxygen atoms in total. The van der Waals surface area contributed by atoms with Crippen LogP contribution in [0.3, 0.4) is 0 Å². The number of methoxy groups -OCH3 is 1. The van der Waals surface area contributed by atoms with E-state index in [1.807, 2.05) is 0 Å². The lowest BCUT2D eigenvalue weighted by atomic mass is 10.3. The van der Waals surface area contributed by atoms with Crippen molar-refractivity contribution in [3.63, 3.8) is 0 Å². The van der Waals surface area contributed by atoms with E-state index in [-0.39, 0.29) is 11.6 Å². The molecule has 1 heterocycles. The largest absolute Gasteiger partial charge is 0.393 e. The van der Waals surface area contributed by atoms with Gasteiger partial charge in [0.1, 0.15) is 5.76 Å². The highest BCUT2D eigenvalue weighted by Gasteiger charge is 2.19. The molecule has 0 bridgehead atoms. The molecule has 0 aliphatic rings. The predicted molar refractivity (Wildman–Crippen MR) is 70.4 cm³/mol. The van der Waals surface area contributed by atoms with Gasteiger partial charge in [-0.15, -0.1) is 0 Å². The molecule has 0 radical (unpaired) electrons. The van der Waals surface area contributed by atoms with Crippen molar-refractivity contribution in [1.29, 1.82) is 0 Å². The summed E-state index contributed by atoms with van der Waals surface area (Å²) in [5.74, 6) is 0.388. The Morgan fingerprint density at radius 3 is 2.83 bits per heavy atom. The maximum atomic E-state index is 12.1. The average molecular weight is 271 g/mol. The lowest BCUT2D eigenvalue weighted by Crippen LogP contribution is -2.36. The highest BCUT2D eigenvalue weighted by molar-refractivity contribution is 7.80. The second kappa shape index (κ2) is 7.07. The van der Waals surface area contributed by atoms with Crippen LogP contribution < -0.4 is 5.73 Å². The summed E-state index contributed by atoms with van der Waals surface area (Å²) in [5, 5.41) is 3.70. The van der Waals surface area contributed by atoms with E-state index in [4.69, 9.17) is 27.2 Å². The van der Waals surface area contributed by atoms with Crippen molar-refractivity contribution in [2.24, 2.45) is 5.73 Å². The van der Waals surface area contributed by atoms with Crippen LogP contribution in [0.25, 0.3) is 0 Å². The van der Waals surface area contributed by atoms with E-state index in [1.54, 1.807) is 25.0 Å². The molecule has 1 aromatic rings. The first kappa shape index (κ1) is 14.6. The number of carbonyl (C=O) groups excluding carboxylic acids is 1. The zero-order valence-electron chi connectivity index (χ0n) is 10.5. The van der Waals surface area contributed by atoms with Crippen LogP contribution in [-0.4, -0.2) is 47.8 Å². The lowest BCUT2D eigenvalue weighted by Gasteiger charge is -2.20. The van der Waals surface area contributed by atoms with Crippen LogP contribution in [0.5, 0.6) is 0 Å². The lowest BCUT2D eigenvalue weighted by molar-refractivity contribution is 0.0691. The van der Waals surface area contributed by atoms with Gasteiger partial charge >= 0.3 is 0 Å². The normalized spacial score (nSPS) is 10.3. The minimum Gasteiger partial charge on any atom is -0.393 e. The second-order valence-electron chi connectivity index (χ2n) is 3.82. The summed E-state index contributed by atoms with van der Waals surface area (Å²) < 4.78 is 9.86. The van der Waals surface area contributed by atoms with E-state index in [9.17, 15) is 4.79 Å². The first-order valence-corrected chi connectivity index (χ1v) is 5.95. The minimum absolute atomic E-state index is 0.208. The van der Waals surface area contributed by atoms with Gasteiger partial charge in [-0.1, -0.05) is 17.4 Å². The van der Waals surface area contributed by atoms with Gasteiger partial charge in [0.2, 0.25) is 0 Å². The van der Waals surface area contributed by atoms with Gasteiger partial charge in [0.15, 0.2) is 5.69 Å². The molecule has 1 amide bonds. The topological polar surface area (TPSA) is 81.6 Å². The Hall–Kier alpha value is -1.47. The first-order valence-electron chi connectivity index (χ1n) is 5.54. The molecule has 0 saturated carbocycles. The maximum Gasteiger partial charge on any atom is 0.276 e. The summed E-state index contributed by atoms with van der Waals surface area (Å²) in [6.07, 6.45) is 0.474. The van der Waals surface area contributed by atoms with Crippen LogP contribution in [0.1, 0.15) is 22.7 Å². The highest BCUT2D eigenvalue weighted by atomic mass is 32.1. The van der Waals surface area contributed by atoms with Crippen LogP contribution >= 0.6 is 12.2 Å². The molecule has 0 fully saturated rings. The summed E-state index contributed by atoms with van der Waals surface area (Å²) in [6, 6.07) is 1.60. The van der Waals surface area contributed by atoms with E-state index in [2.05, 4.69) is 5.16 Å². The number of aryl methyl sites for hydroxylation is 1. The average Bonchev–Trinajstić information content (AvgIpc) is 2.75. The summed E-state index contributed by atoms with van der Waals surface area (Å²) in [7, 11) is 1.58. The summed E-state index contributed by atoms with van der Waals surface area (Å²) in [5.41, 5.74) is 5.72. The molecule has 100 valence electrons. The number of hydrogen-bond acceptors (Lipinski definition) is 5. The van der Waals surface area contributed by atoms with Gasteiger partial charge in [-0.25, -0.2) is 0 Å². The van der Waals surface area contributed by atoms with Crippen LogP contribution in [0.4, 0.5) is 0 Å². The van der Waals surface area contributed by atoms with E-state index in [0.717, 1.165) is 0 Å². The first-order chi connectivity index (χ1) is 8.54. The monoisotopic (exact) mass is 271 g/mol. The molecule has 0 aliphatic heterocycles. The van der Waals surface area contributed by atoms with Gasteiger partial charge in [0, 0.05) is 32.7 Å². The number of nitrogens with zero attached hydrogens (tertiary/aromatic N) is 2. The molecule has 1 aromatic heterocycles. The van der Waals surface area contributed by atoms with Crippen molar-refractivity contribution in [1.82, 2.24) is 10.1 Å². The Labute approximate surface area is 111 Å². The van der Waals surface area contributed by atoms with Crippen molar-refractivity contribution in [3.05, 3.63) is 17.5 Å². The van der Waals surface area contributed by atoms with E-state index < -0.39 is 0 Å². The molecule has 18 heavy (non-hydrogen) atoms. The number of rotatable bonds is 7. The Kier molecular flexibility index (Phi) is 5.73. The van der Waals surface area contributed by atoms with E-state index in [0.29, 0.717) is 36.9 Å². The number of amides is 1. The minimum atomic E-state index is -0.208. The number of nitrogens with two attached hydrogens (primary N) is 1. The smallest absolute Gasteiger partial charge is 0.276 e. The van der Waals surface area contributed by atoms with Gasteiger partial charge in [-0.2, -0.15) is 0 Å². The number of aromatic nitrogens is 1. The fourth-order valence-electron chi connectivity index (χ4n) is 1.39. The number of ether oxygens (including phenoxy) is 1. The number of hydrogen-bond donors (Lipinski definition) is 1. The van der Waals surface area contributed by atoms with Gasteiger partial charge < -0.3 is 19.9 Å². The Morgan fingerprint density at radius 1 is 1.61 bits per heavy atom. The van der Waals surface area contributed by atoms with Crippen LogP contribution in [0, 0.1) is 6.92 Å². The van der Waals surface area contributed by atoms with E-state index >= 15 is 0 Å². The zero-order chi connectivity index (χ0) is 13.5. The molecule has 1 rings (SSSR count). The van der Waals surface area contributed by atoms with Crippen LogP contribution in [0.2, 0.25) is 0 Å². The molecule has 0 unspecified atom stereocenters. The molecule has 7 heteroatoms. The quantitative estimate of drug-likeness (QED) is 0.737. The van der Waals surface area contributed by atoms with Gasteiger partial charge in [0.25, 0.3) is 5.91 Å². The van der Waals surface area contributed by atoms with Crippen LogP contribution in [0.15, 0.2) is 10.6 Å². The van der Waals surface area contributed by atoms with Crippen molar-refractivity contribution in [3.8, 4) is 0 Å². The number of thiocarbonyl (C=S) groups is 1. The summed E-state index contributed by atoms with van der Waals surface area (Å²) in [4.78, 5) is 14.1. The fourth-order valence-corrected chi connectivity index (χ4v) is 1.48. The molecule has 0 spiro atoms. The molecule has 0 aliphatic carbocycles. The highest BCUT2D eigenvalue weighted by Crippen LogP contribution is 2.06. The van der Waals surface area contributed by atoms with Gasteiger partial charge in [0.05, 0.1) is 11.6 Å². The second-order valence-corrected chi connectivity index (χ2v) is 4.35. The van der Waals surface area contributed by atoms with Crippen molar-refractivity contribution < 1.29 is 14.1 Å². The van der Waals surface area contributed by atoms with Gasteiger partial charge in [-0.05, 0) is 6.92 Å². The number of carbonyl (C=O) groups is 1. The zero-order valence-corrected chi connectivity index (χ0v) is 11.3. The Balaban J connectivity index is 2.68. The van der Waals surface area contributed by atoms with Gasteiger partial charge in [-0.3, -0.25) is 4.79 Å². The van der Waals surface area contributed by atoms with Crippen molar-refractivity contribution in [2.45, 2.75) is 13.3 Å². The molecule has 0 atom stereocenters. The molecular weight excluding hydrogens is 254 g/mol. The third-order valence-corrected chi connectivity index (χ3v) is 2.53. The van der Waals surface area contributed by atoms with Crippen molar-refractivity contribution >= 4 is 23.1 Å². The summed E-state index contributed by atoms with van der Waals surface area (Å²) >= 11 is 4.81. The predicted octanol–water partition coefficient (Wildman–Crippen LogP) is 0.748.